The third-order valence-electron chi connectivity index (χ3n) is 4.97. The first-order valence-corrected chi connectivity index (χ1v) is 7.90. The maximum Gasteiger partial charge on any atom is 0.335 e. The predicted molar refractivity (Wildman–Crippen MR) is 85.9 cm³/mol. The van der Waals surface area contributed by atoms with E-state index in [1.807, 2.05) is 11.0 Å². The van der Waals surface area contributed by atoms with Crippen molar-refractivity contribution in [2.45, 2.75) is 40.0 Å². The van der Waals surface area contributed by atoms with Crippen LogP contribution in [0.3, 0.4) is 0 Å². The Kier molecular flexibility index (Phi) is 4.89. The first-order chi connectivity index (χ1) is 10.3. The summed E-state index contributed by atoms with van der Waals surface area (Å²) >= 11 is 0. The standard InChI is InChI=1S/C18H25NO3/c1-13-10-11-19(12-18(13,2)3)16(20)9-8-14-6-4-5-7-15(14)17(21)22/h4-7,13H,8-12H2,1-3H3,(H,21,22). The summed E-state index contributed by atoms with van der Waals surface area (Å²) in [5.74, 6) is -0.194. The lowest BCUT2D eigenvalue weighted by molar-refractivity contribution is -0.135. The van der Waals surface area contributed by atoms with E-state index in [2.05, 4.69) is 20.8 Å². The van der Waals surface area contributed by atoms with Crippen molar-refractivity contribution in [3.63, 3.8) is 0 Å². The van der Waals surface area contributed by atoms with Crippen LogP contribution in [0.25, 0.3) is 0 Å². The van der Waals surface area contributed by atoms with Crippen LogP contribution in [0.5, 0.6) is 0 Å². The van der Waals surface area contributed by atoms with Crippen LogP contribution >= 0.6 is 0 Å². The van der Waals surface area contributed by atoms with Crippen LogP contribution in [-0.2, 0) is 11.2 Å². The van der Waals surface area contributed by atoms with Gasteiger partial charge in [0.05, 0.1) is 5.56 Å². The van der Waals surface area contributed by atoms with Gasteiger partial charge in [0.25, 0.3) is 0 Å². The number of hydrogen-bond donors (Lipinski definition) is 1. The number of carboxylic acid groups (broad SMARTS) is 1. The molecule has 120 valence electrons. The number of likely N-dealkylation sites (tertiary alicyclic amines) is 1. The summed E-state index contributed by atoms with van der Waals surface area (Å²) in [4.78, 5) is 25.6. The summed E-state index contributed by atoms with van der Waals surface area (Å²) in [6, 6.07) is 6.91. The van der Waals surface area contributed by atoms with E-state index in [0.29, 0.717) is 24.3 Å². The fourth-order valence-corrected chi connectivity index (χ4v) is 3.03. The Labute approximate surface area is 132 Å². The van der Waals surface area contributed by atoms with Crippen LogP contribution < -0.4 is 0 Å². The lowest BCUT2D eigenvalue weighted by Crippen LogP contribution is -2.47. The smallest absolute Gasteiger partial charge is 0.335 e. The number of amides is 1. The van der Waals surface area contributed by atoms with Crippen LogP contribution in [0.2, 0.25) is 0 Å². The van der Waals surface area contributed by atoms with Gasteiger partial charge in [-0.15, -0.1) is 0 Å². The van der Waals surface area contributed by atoms with Crippen molar-refractivity contribution in [1.82, 2.24) is 4.90 Å². The quantitative estimate of drug-likeness (QED) is 0.929. The van der Waals surface area contributed by atoms with Crippen molar-refractivity contribution >= 4 is 11.9 Å². The van der Waals surface area contributed by atoms with E-state index in [1.54, 1.807) is 18.2 Å². The lowest BCUT2D eigenvalue weighted by atomic mass is 9.75. The monoisotopic (exact) mass is 303 g/mol. The van der Waals surface area contributed by atoms with Gasteiger partial charge in [0.1, 0.15) is 0 Å². The lowest BCUT2D eigenvalue weighted by Gasteiger charge is -2.43. The molecule has 1 aromatic rings. The molecule has 1 amide bonds. The van der Waals surface area contributed by atoms with Gasteiger partial charge in [-0.2, -0.15) is 0 Å². The highest BCUT2D eigenvalue weighted by atomic mass is 16.4. The molecule has 2 rings (SSSR count). The number of rotatable bonds is 4. The van der Waals surface area contributed by atoms with Crippen LogP contribution in [0.1, 0.15) is 49.5 Å². The highest BCUT2D eigenvalue weighted by molar-refractivity contribution is 5.89. The molecule has 4 nitrogen and oxygen atoms in total. The van der Waals surface area contributed by atoms with E-state index in [1.165, 1.54) is 0 Å². The minimum absolute atomic E-state index is 0.125. The molecule has 0 radical (unpaired) electrons. The fraction of sp³-hybridized carbons (Fsp3) is 0.556. The van der Waals surface area contributed by atoms with Gasteiger partial charge < -0.3 is 10.0 Å². The topological polar surface area (TPSA) is 57.6 Å². The van der Waals surface area contributed by atoms with E-state index < -0.39 is 5.97 Å². The molecule has 0 bridgehead atoms. The molecule has 1 aliphatic rings. The molecular weight excluding hydrogens is 278 g/mol. The van der Waals surface area contributed by atoms with E-state index >= 15 is 0 Å². The van der Waals surface area contributed by atoms with Crippen molar-refractivity contribution in [3.8, 4) is 0 Å². The minimum Gasteiger partial charge on any atom is -0.478 e. The number of carboxylic acids is 1. The van der Waals surface area contributed by atoms with Gasteiger partial charge in [0.2, 0.25) is 5.91 Å². The first-order valence-electron chi connectivity index (χ1n) is 7.90. The summed E-state index contributed by atoms with van der Waals surface area (Å²) in [5, 5.41) is 9.18. The third kappa shape index (κ3) is 3.67. The first kappa shape index (κ1) is 16.5. The number of hydrogen-bond acceptors (Lipinski definition) is 2. The van der Waals surface area contributed by atoms with Crippen LogP contribution in [0.15, 0.2) is 24.3 Å². The molecule has 1 saturated heterocycles. The molecule has 0 spiro atoms. The Bertz CT molecular complexity index is 565. The molecular formula is C18H25NO3. The molecule has 1 atom stereocenters. The van der Waals surface area contributed by atoms with E-state index in [-0.39, 0.29) is 11.3 Å². The number of piperidine rings is 1. The van der Waals surface area contributed by atoms with Gasteiger partial charge >= 0.3 is 5.97 Å². The molecule has 0 saturated carbocycles. The molecule has 1 aliphatic heterocycles. The maximum absolute atomic E-state index is 12.4. The van der Waals surface area contributed by atoms with Crippen molar-refractivity contribution in [1.29, 1.82) is 0 Å². The van der Waals surface area contributed by atoms with Crippen molar-refractivity contribution in [2.75, 3.05) is 13.1 Å². The molecule has 1 unspecified atom stereocenters. The zero-order chi connectivity index (χ0) is 16.3. The second kappa shape index (κ2) is 6.51. The van der Waals surface area contributed by atoms with E-state index in [9.17, 15) is 14.7 Å². The van der Waals surface area contributed by atoms with Gasteiger partial charge in [0.15, 0.2) is 0 Å². The molecule has 1 fully saturated rings. The normalized spacial score (nSPS) is 20.7. The summed E-state index contributed by atoms with van der Waals surface area (Å²) in [5.41, 5.74) is 1.17. The van der Waals surface area contributed by atoms with Crippen LogP contribution in [0, 0.1) is 11.3 Å². The summed E-state index contributed by atoms with van der Waals surface area (Å²) in [6.07, 6.45) is 1.88. The Hall–Kier alpha value is -1.84. The molecule has 1 heterocycles. The maximum atomic E-state index is 12.4. The largest absolute Gasteiger partial charge is 0.478 e. The van der Waals surface area contributed by atoms with Gasteiger partial charge in [-0.1, -0.05) is 39.0 Å². The number of carbonyl (C=O) groups excluding carboxylic acids is 1. The second-order valence-electron chi connectivity index (χ2n) is 6.96. The number of aromatic carboxylic acids is 1. The molecule has 1 aromatic carbocycles. The van der Waals surface area contributed by atoms with Gasteiger partial charge in [-0.25, -0.2) is 4.79 Å². The summed E-state index contributed by atoms with van der Waals surface area (Å²) in [6.45, 7) is 8.25. The van der Waals surface area contributed by atoms with Gasteiger partial charge in [0, 0.05) is 19.5 Å². The minimum atomic E-state index is -0.934. The highest BCUT2D eigenvalue weighted by Gasteiger charge is 2.34. The molecule has 22 heavy (non-hydrogen) atoms. The number of benzene rings is 1. The van der Waals surface area contributed by atoms with Crippen molar-refractivity contribution in [3.05, 3.63) is 35.4 Å². The van der Waals surface area contributed by atoms with E-state index in [4.69, 9.17) is 0 Å². The Morgan fingerprint density at radius 1 is 1.32 bits per heavy atom. The second-order valence-corrected chi connectivity index (χ2v) is 6.96. The molecule has 1 N–H and O–H groups in total. The third-order valence-corrected chi connectivity index (χ3v) is 4.97. The molecule has 4 heteroatoms. The average Bonchev–Trinajstić information content (AvgIpc) is 2.47. The Morgan fingerprint density at radius 2 is 2.00 bits per heavy atom. The predicted octanol–water partition coefficient (Wildman–Crippen LogP) is 3.21. The molecule has 0 aromatic heterocycles. The van der Waals surface area contributed by atoms with Gasteiger partial charge in [-0.05, 0) is 35.8 Å². The Morgan fingerprint density at radius 3 is 2.64 bits per heavy atom. The highest BCUT2D eigenvalue weighted by Crippen LogP contribution is 2.34. The van der Waals surface area contributed by atoms with E-state index in [0.717, 1.165) is 25.1 Å². The average molecular weight is 303 g/mol. The van der Waals surface area contributed by atoms with Crippen LogP contribution in [-0.4, -0.2) is 35.0 Å². The number of carbonyl (C=O) groups is 2. The van der Waals surface area contributed by atoms with Crippen molar-refractivity contribution < 1.29 is 14.7 Å². The fourth-order valence-electron chi connectivity index (χ4n) is 3.03. The Balaban J connectivity index is 1.98. The SMILES string of the molecule is CC1CCN(C(=O)CCc2ccccc2C(=O)O)CC1(C)C. The zero-order valence-corrected chi connectivity index (χ0v) is 13.6. The molecule has 0 aliphatic carbocycles. The van der Waals surface area contributed by atoms with Crippen molar-refractivity contribution in [2.24, 2.45) is 11.3 Å². The van der Waals surface area contributed by atoms with Crippen LogP contribution in [0.4, 0.5) is 0 Å². The summed E-state index contributed by atoms with van der Waals surface area (Å²) in [7, 11) is 0. The summed E-state index contributed by atoms with van der Waals surface area (Å²) < 4.78 is 0. The number of aryl methyl sites for hydroxylation is 1. The zero-order valence-electron chi connectivity index (χ0n) is 13.6. The number of nitrogens with zero attached hydrogens (tertiary/aromatic N) is 1. The van der Waals surface area contributed by atoms with Gasteiger partial charge in [-0.3, -0.25) is 4.79 Å².